The van der Waals surface area contributed by atoms with E-state index in [1.165, 1.54) is 11.1 Å². The molecule has 3 rings (SSSR count). The Balaban J connectivity index is 1.40. The number of hydrogen-bond donors (Lipinski definition) is 2. The zero-order chi connectivity index (χ0) is 17.6. The summed E-state index contributed by atoms with van der Waals surface area (Å²) in [4.78, 5) is 14.5. The highest BCUT2D eigenvalue weighted by atomic mass is 16.3. The molecule has 4 heteroatoms. The van der Waals surface area contributed by atoms with Crippen molar-refractivity contribution in [2.24, 2.45) is 5.92 Å². The molecule has 0 bridgehead atoms. The summed E-state index contributed by atoms with van der Waals surface area (Å²) in [6.07, 6.45) is 1.49. The van der Waals surface area contributed by atoms with E-state index < -0.39 is 0 Å². The maximum absolute atomic E-state index is 12.1. The van der Waals surface area contributed by atoms with Crippen LogP contribution in [0.5, 0.6) is 5.75 Å². The molecule has 0 unspecified atom stereocenters. The normalized spacial score (nSPS) is 17.6. The van der Waals surface area contributed by atoms with E-state index in [4.69, 9.17) is 0 Å². The SMILES string of the molecule is Cc1cccc(CN2CC[C@H](CNC(=O)Cc3ccc(O)cc3)C2)c1. The lowest BCUT2D eigenvalue weighted by Crippen LogP contribution is -2.31. The minimum Gasteiger partial charge on any atom is -0.508 e. The first-order valence-corrected chi connectivity index (χ1v) is 8.91. The number of benzene rings is 2. The molecule has 0 aromatic heterocycles. The first-order chi connectivity index (χ1) is 12.1. The highest BCUT2D eigenvalue weighted by Crippen LogP contribution is 2.18. The monoisotopic (exact) mass is 338 g/mol. The maximum atomic E-state index is 12.1. The summed E-state index contributed by atoms with van der Waals surface area (Å²) < 4.78 is 0. The number of phenolic OH excluding ortho intramolecular Hbond substituents is 1. The van der Waals surface area contributed by atoms with Crippen LogP contribution in [0.2, 0.25) is 0 Å². The van der Waals surface area contributed by atoms with Crippen LogP contribution in [0.25, 0.3) is 0 Å². The van der Waals surface area contributed by atoms with E-state index in [2.05, 4.69) is 41.4 Å². The van der Waals surface area contributed by atoms with Crippen LogP contribution in [-0.4, -0.2) is 35.5 Å². The van der Waals surface area contributed by atoms with Gasteiger partial charge >= 0.3 is 0 Å². The first kappa shape index (κ1) is 17.5. The lowest BCUT2D eigenvalue weighted by molar-refractivity contribution is -0.120. The summed E-state index contributed by atoms with van der Waals surface area (Å²) in [5, 5.41) is 12.3. The van der Waals surface area contributed by atoms with Gasteiger partial charge in [0.2, 0.25) is 5.91 Å². The predicted molar refractivity (Wildman–Crippen MR) is 99.4 cm³/mol. The fourth-order valence-electron chi connectivity index (χ4n) is 3.41. The summed E-state index contributed by atoms with van der Waals surface area (Å²) in [6.45, 7) is 5.97. The van der Waals surface area contributed by atoms with Crippen molar-refractivity contribution in [3.05, 3.63) is 65.2 Å². The Morgan fingerprint density at radius 3 is 2.76 bits per heavy atom. The van der Waals surface area contributed by atoms with E-state index in [-0.39, 0.29) is 11.7 Å². The van der Waals surface area contributed by atoms with Crippen molar-refractivity contribution in [2.75, 3.05) is 19.6 Å². The van der Waals surface area contributed by atoms with Crippen LogP contribution in [0, 0.1) is 12.8 Å². The van der Waals surface area contributed by atoms with Crippen LogP contribution in [0.4, 0.5) is 0 Å². The Morgan fingerprint density at radius 1 is 1.20 bits per heavy atom. The largest absolute Gasteiger partial charge is 0.508 e. The van der Waals surface area contributed by atoms with Gasteiger partial charge in [-0.1, -0.05) is 42.0 Å². The van der Waals surface area contributed by atoms with Gasteiger partial charge in [0.1, 0.15) is 5.75 Å². The van der Waals surface area contributed by atoms with E-state index in [1.807, 2.05) is 0 Å². The lowest BCUT2D eigenvalue weighted by Gasteiger charge is -2.17. The van der Waals surface area contributed by atoms with Gasteiger partial charge < -0.3 is 10.4 Å². The molecule has 0 spiro atoms. The minimum atomic E-state index is 0.0443. The summed E-state index contributed by atoms with van der Waals surface area (Å²) in [5.74, 6) is 0.792. The molecular formula is C21H26N2O2. The molecular weight excluding hydrogens is 312 g/mol. The van der Waals surface area contributed by atoms with Crippen molar-refractivity contribution in [3.8, 4) is 5.75 Å². The van der Waals surface area contributed by atoms with Crippen LogP contribution in [-0.2, 0) is 17.8 Å². The number of carbonyl (C=O) groups excluding carboxylic acids is 1. The van der Waals surface area contributed by atoms with Crippen molar-refractivity contribution >= 4 is 5.91 Å². The molecule has 0 aliphatic carbocycles. The number of rotatable bonds is 6. The van der Waals surface area contributed by atoms with Gasteiger partial charge in [-0.2, -0.15) is 0 Å². The van der Waals surface area contributed by atoms with Crippen molar-refractivity contribution in [3.63, 3.8) is 0 Å². The molecule has 2 N–H and O–H groups in total. The fourth-order valence-corrected chi connectivity index (χ4v) is 3.41. The molecule has 2 aromatic rings. The van der Waals surface area contributed by atoms with Crippen LogP contribution in [0.3, 0.4) is 0 Å². The molecule has 1 saturated heterocycles. The topological polar surface area (TPSA) is 52.6 Å². The van der Waals surface area contributed by atoms with E-state index in [0.717, 1.165) is 38.2 Å². The smallest absolute Gasteiger partial charge is 0.224 e. The summed E-state index contributed by atoms with van der Waals surface area (Å²) in [5.41, 5.74) is 3.58. The van der Waals surface area contributed by atoms with Crippen LogP contribution < -0.4 is 5.32 Å². The second-order valence-corrected chi connectivity index (χ2v) is 7.03. The molecule has 25 heavy (non-hydrogen) atoms. The van der Waals surface area contributed by atoms with Gasteiger partial charge in [-0.25, -0.2) is 0 Å². The number of aromatic hydroxyl groups is 1. The summed E-state index contributed by atoms with van der Waals surface area (Å²) in [7, 11) is 0. The number of likely N-dealkylation sites (tertiary alicyclic amines) is 1. The third-order valence-electron chi connectivity index (χ3n) is 4.75. The van der Waals surface area contributed by atoms with E-state index in [9.17, 15) is 9.90 Å². The Kier molecular flexibility index (Phi) is 5.71. The lowest BCUT2D eigenvalue weighted by atomic mass is 10.1. The molecule has 1 amide bonds. The number of phenols is 1. The standard InChI is InChI=1S/C21H26N2O2/c1-16-3-2-4-18(11-16)14-23-10-9-19(15-23)13-22-21(25)12-17-5-7-20(24)8-6-17/h2-8,11,19,24H,9-10,12-15H2,1H3,(H,22,25)/t19-/m1/s1. The second kappa shape index (κ2) is 8.17. The molecule has 0 radical (unpaired) electrons. The van der Waals surface area contributed by atoms with E-state index in [0.29, 0.717) is 12.3 Å². The van der Waals surface area contributed by atoms with Gasteiger partial charge in [0.15, 0.2) is 0 Å². The molecule has 4 nitrogen and oxygen atoms in total. The van der Waals surface area contributed by atoms with Gasteiger partial charge in [0.05, 0.1) is 6.42 Å². The average Bonchev–Trinajstić information content (AvgIpc) is 3.03. The first-order valence-electron chi connectivity index (χ1n) is 8.91. The predicted octanol–water partition coefficient (Wildman–Crippen LogP) is 2.88. The summed E-state index contributed by atoms with van der Waals surface area (Å²) >= 11 is 0. The van der Waals surface area contributed by atoms with E-state index in [1.54, 1.807) is 24.3 Å². The van der Waals surface area contributed by atoms with Crippen molar-refractivity contribution in [2.45, 2.75) is 26.3 Å². The van der Waals surface area contributed by atoms with Crippen molar-refractivity contribution in [1.29, 1.82) is 0 Å². The third-order valence-corrected chi connectivity index (χ3v) is 4.75. The second-order valence-electron chi connectivity index (χ2n) is 7.03. The van der Waals surface area contributed by atoms with Gasteiger partial charge in [0, 0.05) is 19.6 Å². The third kappa shape index (κ3) is 5.33. The van der Waals surface area contributed by atoms with E-state index >= 15 is 0 Å². The van der Waals surface area contributed by atoms with Crippen LogP contribution in [0.15, 0.2) is 48.5 Å². The van der Waals surface area contributed by atoms with Gasteiger partial charge in [-0.05, 0) is 49.1 Å². The van der Waals surface area contributed by atoms with Crippen LogP contribution in [0.1, 0.15) is 23.1 Å². The van der Waals surface area contributed by atoms with Gasteiger partial charge in [0.25, 0.3) is 0 Å². The molecule has 1 fully saturated rings. The molecule has 132 valence electrons. The summed E-state index contributed by atoms with van der Waals surface area (Å²) in [6, 6.07) is 15.5. The molecule has 1 heterocycles. The molecule has 2 aromatic carbocycles. The fraction of sp³-hybridized carbons (Fsp3) is 0.381. The van der Waals surface area contributed by atoms with Gasteiger partial charge in [-0.15, -0.1) is 0 Å². The van der Waals surface area contributed by atoms with Crippen molar-refractivity contribution < 1.29 is 9.90 Å². The number of nitrogens with one attached hydrogen (secondary N) is 1. The maximum Gasteiger partial charge on any atom is 0.224 e. The van der Waals surface area contributed by atoms with Crippen molar-refractivity contribution in [1.82, 2.24) is 10.2 Å². The molecule has 1 aliphatic rings. The Bertz CT molecular complexity index is 712. The quantitative estimate of drug-likeness (QED) is 0.851. The number of carbonyl (C=O) groups is 1. The minimum absolute atomic E-state index is 0.0443. The van der Waals surface area contributed by atoms with Crippen LogP contribution >= 0.6 is 0 Å². The molecule has 1 aliphatic heterocycles. The average molecular weight is 338 g/mol. The molecule has 0 saturated carbocycles. The Labute approximate surface area is 149 Å². The highest BCUT2D eigenvalue weighted by Gasteiger charge is 2.22. The zero-order valence-corrected chi connectivity index (χ0v) is 14.7. The zero-order valence-electron chi connectivity index (χ0n) is 14.7. The number of amides is 1. The molecule has 1 atom stereocenters. The van der Waals surface area contributed by atoms with Gasteiger partial charge in [-0.3, -0.25) is 9.69 Å². The number of hydrogen-bond acceptors (Lipinski definition) is 3. The number of nitrogens with zero attached hydrogens (tertiary/aromatic N) is 1. The Morgan fingerprint density at radius 2 is 2.00 bits per heavy atom. The Hall–Kier alpha value is -2.33. The highest BCUT2D eigenvalue weighted by molar-refractivity contribution is 5.78. The number of aryl methyl sites for hydroxylation is 1.